The Kier molecular flexibility index (Phi) is 3.13. The van der Waals surface area contributed by atoms with Gasteiger partial charge in [-0.05, 0) is 33.0 Å². The molecule has 0 aromatic heterocycles. The topological polar surface area (TPSA) is 37.3 Å². The van der Waals surface area contributed by atoms with Gasteiger partial charge in [-0.1, -0.05) is 54.2 Å². The van der Waals surface area contributed by atoms with Gasteiger partial charge in [0, 0.05) is 4.90 Å². The van der Waals surface area contributed by atoms with Crippen LogP contribution in [-0.4, -0.2) is 11.1 Å². The normalized spacial score (nSPS) is 12.9. The van der Waals surface area contributed by atoms with E-state index in [0.29, 0.717) is 0 Å². The molecule has 0 spiro atoms. The summed E-state index contributed by atoms with van der Waals surface area (Å²) in [6.07, 6.45) is 0.0441. The number of carboxylic acids is 1. The zero-order valence-corrected chi connectivity index (χ0v) is 11.0. The largest absolute Gasteiger partial charge is 0.481 e. The van der Waals surface area contributed by atoms with Gasteiger partial charge < -0.3 is 5.11 Å². The van der Waals surface area contributed by atoms with Crippen LogP contribution in [0.5, 0.6) is 0 Å². The molecule has 3 rings (SSSR count). The first-order chi connectivity index (χ1) is 9.25. The van der Waals surface area contributed by atoms with Crippen molar-refractivity contribution in [3.63, 3.8) is 0 Å². The van der Waals surface area contributed by atoms with Crippen LogP contribution in [0.4, 0.5) is 0 Å². The number of thioether (sulfide) groups is 1. The number of hydrogen-bond acceptors (Lipinski definition) is 2. The van der Waals surface area contributed by atoms with Crippen LogP contribution in [0.15, 0.2) is 53.4 Å². The van der Waals surface area contributed by atoms with Crippen LogP contribution in [0.25, 0.3) is 11.0 Å². The van der Waals surface area contributed by atoms with Gasteiger partial charge in [0.15, 0.2) is 0 Å². The van der Waals surface area contributed by atoms with Crippen molar-refractivity contribution < 1.29 is 9.90 Å². The molecule has 3 heteroatoms. The fraction of sp³-hybridized carbons (Fsp3) is 0.0625. The van der Waals surface area contributed by atoms with Gasteiger partial charge in [0.2, 0.25) is 0 Å². The molecule has 94 valence electrons. The average molecular weight is 268 g/mol. The van der Waals surface area contributed by atoms with E-state index in [-0.39, 0.29) is 6.42 Å². The minimum Gasteiger partial charge on any atom is -0.481 e. The molecule has 0 radical (unpaired) electrons. The summed E-state index contributed by atoms with van der Waals surface area (Å²) in [4.78, 5) is 12.3. The van der Waals surface area contributed by atoms with E-state index in [4.69, 9.17) is 0 Å². The molecular formula is C16H12O2S. The highest BCUT2D eigenvalue weighted by Crippen LogP contribution is 2.30. The highest BCUT2D eigenvalue weighted by molar-refractivity contribution is 8.06. The molecule has 0 saturated heterocycles. The van der Waals surface area contributed by atoms with Gasteiger partial charge in [-0.2, -0.15) is 0 Å². The minimum atomic E-state index is -0.800. The molecule has 1 heterocycles. The van der Waals surface area contributed by atoms with E-state index in [0.717, 1.165) is 26.5 Å². The Balaban J connectivity index is 2.38. The predicted molar refractivity (Wildman–Crippen MR) is 77.2 cm³/mol. The van der Waals surface area contributed by atoms with E-state index in [1.165, 1.54) is 0 Å². The molecule has 0 unspecified atom stereocenters. The maximum absolute atomic E-state index is 11.2. The SMILES string of the molecule is O=C(O)CC1=c2ccccc2=CSc2ccccc21. The van der Waals surface area contributed by atoms with Crippen LogP contribution in [0.1, 0.15) is 12.0 Å². The van der Waals surface area contributed by atoms with Crippen molar-refractivity contribution in [3.8, 4) is 0 Å². The smallest absolute Gasteiger partial charge is 0.307 e. The summed E-state index contributed by atoms with van der Waals surface area (Å²) in [6, 6.07) is 15.9. The lowest BCUT2D eigenvalue weighted by Gasteiger charge is -2.08. The fourth-order valence-corrected chi connectivity index (χ4v) is 3.24. The fourth-order valence-electron chi connectivity index (χ4n) is 2.31. The van der Waals surface area contributed by atoms with Crippen LogP contribution in [0, 0.1) is 0 Å². The third-order valence-electron chi connectivity index (χ3n) is 3.14. The van der Waals surface area contributed by atoms with Crippen LogP contribution in [0.3, 0.4) is 0 Å². The lowest BCUT2D eigenvalue weighted by molar-refractivity contribution is -0.135. The zero-order valence-electron chi connectivity index (χ0n) is 10.2. The summed E-state index contributed by atoms with van der Waals surface area (Å²) < 4.78 is 0. The van der Waals surface area contributed by atoms with Crippen molar-refractivity contribution in [1.29, 1.82) is 0 Å². The molecule has 1 N–H and O–H groups in total. The second kappa shape index (κ2) is 4.94. The summed E-state index contributed by atoms with van der Waals surface area (Å²) in [5.41, 5.74) is 1.91. The maximum Gasteiger partial charge on any atom is 0.307 e. The first kappa shape index (κ1) is 12.1. The highest BCUT2D eigenvalue weighted by Gasteiger charge is 2.14. The number of benzene rings is 2. The molecule has 0 amide bonds. The Bertz CT molecular complexity index is 762. The molecule has 2 aromatic rings. The van der Waals surface area contributed by atoms with Crippen molar-refractivity contribution in [2.45, 2.75) is 11.3 Å². The molecule has 19 heavy (non-hydrogen) atoms. The highest BCUT2D eigenvalue weighted by atomic mass is 32.2. The predicted octanol–water partition coefficient (Wildman–Crippen LogP) is 2.20. The lowest BCUT2D eigenvalue weighted by Crippen LogP contribution is -2.26. The molecule has 0 aliphatic carbocycles. The molecule has 0 saturated carbocycles. The Morgan fingerprint density at radius 3 is 2.63 bits per heavy atom. The molecule has 2 nitrogen and oxygen atoms in total. The van der Waals surface area contributed by atoms with Gasteiger partial charge in [-0.15, -0.1) is 0 Å². The molecule has 0 atom stereocenters. The van der Waals surface area contributed by atoms with E-state index in [9.17, 15) is 9.90 Å². The van der Waals surface area contributed by atoms with Crippen LogP contribution >= 0.6 is 11.8 Å². The van der Waals surface area contributed by atoms with Crippen molar-refractivity contribution >= 4 is 28.7 Å². The molecule has 2 aromatic carbocycles. The summed E-state index contributed by atoms with van der Waals surface area (Å²) >= 11 is 1.64. The van der Waals surface area contributed by atoms with Crippen LogP contribution in [0.2, 0.25) is 0 Å². The Labute approximate surface area is 115 Å². The number of carbonyl (C=O) groups is 1. The van der Waals surface area contributed by atoms with Crippen LogP contribution in [-0.2, 0) is 4.79 Å². The van der Waals surface area contributed by atoms with E-state index >= 15 is 0 Å². The number of rotatable bonds is 2. The minimum absolute atomic E-state index is 0.0441. The summed E-state index contributed by atoms with van der Waals surface area (Å²) in [5, 5.41) is 13.4. The van der Waals surface area contributed by atoms with Gasteiger partial charge >= 0.3 is 5.97 Å². The number of fused-ring (bicyclic) bond motifs is 2. The quantitative estimate of drug-likeness (QED) is 0.907. The third-order valence-corrected chi connectivity index (χ3v) is 4.12. The van der Waals surface area contributed by atoms with Gasteiger partial charge in [0.1, 0.15) is 0 Å². The van der Waals surface area contributed by atoms with E-state index < -0.39 is 5.97 Å². The van der Waals surface area contributed by atoms with Crippen molar-refractivity contribution in [1.82, 2.24) is 0 Å². The molecule has 0 fully saturated rings. The average Bonchev–Trinajstić information content (AvgIpc) is 2.57. The summed E-state index contributed by atoms with van der Waals surface area (Å²) in [7, 11) is 0. The van der Waals surface area contributed by atoms with Gasteiger partial charge in [-0.3, -0.25) is 4.79 Å². The third kappa shape index (κ3) is 2.29. The lowest BCUT2D eigenvalue weighted by atomic mass is 9.99. The standard InChI is InChI=1S/C16H12O2S/c17-16(18)9-14-12-6-2-1-5-11(12)10-19-15-8-4-3-7-13(14)15/h1-8,10H,9H2,(H,17,18). The molecular weight excluding hydrogens is 256 g/mol. The maximum atomic E-state index is 11.2. The zero-order chi connectivity index (χ0) is 13.2. The van der Waals surface area contributed by atoms with Gasteiger partial charge in [0.25, 0.3) is 0 Å². The van der Waals surface area contributed by atoms with Crippen molar-refractivity contribution in [3.05, 3.63) is 64.5 Å². The first-order valence-corrected chi connectivity index (χ1v) is 6.90. The second-order valence-electron chi connectivity index (χ2n) is 4.37. The Hall–Kier alpha value is -2.00. The summed E-state index contributed by atoms with van der Waals surface area (Å²) in [6.45, 7) is 0. The van der Waals surface area contributed by atoms with Crippen molar-refractivity contribution in [2.24, 2.45) is 0 Å². The number of hydrogen-bond donors (Lipinski definition) is 1. The van der Waals surface area contributed by atoms with E-state index in [1.54, 1.807) is 11.8 Å². The van der Waals surface area contributed by atoms with Crippen LogP contribution < -0.4 is 10.4 Å². The van der Waals surface area contributed by atoms with Crippen molar-refractivity contribution in [2.75, 3.05) is 0 Å². The van der Waals surface area contributed by atoms with Gasteiger partial charge in [-0.25, -0.2) is 0 Å². The molecule has 1 aliphatic rings. The molecule has 0 bridgehead atoms. The summed E-state index contributed by atoms with van der Waals surface area (Å²) in [5.74, 6) is -0.800. The number of carboxylic acid groups (broad SMARTS) is 1. The van der Waals surface area contributed by atoms with E-state index in [1.807, 2.05) is 48.5 Å². The Morgan fingerprint density at radius 2 is 1.79 bits per heavy atom. The monoisotopic (exact) mass is 268 g/mol. The van der Waals surface area contributed by atoms with E-state index in [2.05, 4.69) is 5.41 Å². The number of aliphatic carboxylic acids is 1. The van der Waals surface area contributed by atoms with Gasteiger partial charge in [0.05, 0.1) is 6.42 Å². The Morgan fingerprint density at radius 1 is 1.05 bits per heavy atom. The first-order valence-electron chi connectivity index (χ1n) is 6.02. The molecule has 1 aliphatic heterocycles. The second-order valence-corrected chi connectivity index (χ2v) is 5.28.